The normalized spacial score (nSPS) is 19.4. The third kappa shape index (κ3) is 3.76. The summed E-state index contributed by atoms with van der Waals surface area (Å²) in [6.45, 7) is 0.604. The van der Waals surface area contributed by atoms with Gasteiger partial charge in [0.05, 0.1) is 12.7 Å². The zero-order chi connectivity index (χ0) is 14.6. The SMILES string of the molecule is O=S(=O)(NCCC1CCCO1)c1ccc(CO)cc1F. The van der Waals surface area contributed by atoms with Crippen molar-refractivity contribution >= 4 is 10.0 Å². The number of nitrogens with one attached hydrogen (secondary N) is 1. The molecule has 1 aliphatic rings. The molecule has 20 heavy (non-hydrogen) atoms. The molecule has 0 amide bonds. The van der Waals surface area contributed by atoms with Gasteiger partial charge in [-0.1, -0.05) is 6.07 Å². The van der Waals surface area contributed by atoms with E-state index in [0.29, 0.717) is 18.6 Å². The Morgan fingerprint density at radius 2 is 2.25 bits per heavy atom. The van der Waals surface area contributed by atoms with Crippen molar-refractivity contribution in [2.45, 2.75) is 36.9 Å². The van der Waals surface area contributed by atoms with E-state index in [-0.39, 0.29) is 19.3 Å². The zero-order valence-electron chi connectivity index (χ0n) is 11.0. The zero-order valence-corrected chi connectivity index (χ0v) is 11.8. The number of aliphatic hydroxyl groups excluding tert-OH is 1. The summed E-state index contributed by atoms with van der Waals surface area (Å²) in [6, 6.07) is 3.57. The standard InChI is InChI=1S/C13H18FNO4S/c14-12-8-10(9-16)3-4-13(12)20(17,18)15-6-5-11-2-1-7-19-11/h3-4,8,11,15-16H,1-2,5-7,9H2. The Kier molecular flexibility index (Phi) is 5.09. The van der Waals surface area contributed by atoms with Gasteiger partial charge in [0.2, 0.25) is 10.0 Å². The van der Waals surface area contributed by atoms with Gasteiger partial charge in [-0.2, -0.15) is 0 Å². The van der Waals surface area contributed by atoms with E-state index in [1.54, 1.807) is 0 Å². The van der Waals surface area contributed by atoms with E-state index in [1.165, 1.54) is 6.07 Å². The highest BCUT2D eigenvalue weighted by atomic mass is 32.2. The summed E-state index contributed by atoms with van der Waals surface area (Å²) in [4.78, 5) is -0.401. The lowest BCUT2D eigenvalue weighted by atomic mass is 10.2. The van der Waals surface area contributed by atoms with Gasteiger partial charge in [-0.3, -0.25) is 0 Å². The maximum absolute atomic E-state index is 13.7. The van der Waals surface area contributed by atoms with E-state index in [0.717, 1.165) is 25.0 Å². The molecule has 2 N–H and O–H groups in total. The second-order valence-electron chi connectivity index (χ2n) is 4.74. The molecule has 0 aliphatic carbocycles. The number of aliphatic hydroxyl groups is 1. The first kappa shape index (κ1) is 15.4. The lowest BCUT2D eigenvalue weighted by Crippen LogP contribution is -2.28. The van der Waals surface area contributed by atoms with Gasteiger partial charge in [-0.15, -0.1) is 0 Å². The molecular formula is C13H18FNO4S. The van der Waals surface area contributed by atoms with Crippen molar-refractivity contribution in [3.05, 3.63) is 29.6 Å². The van der Waals surface area contributed by atoms with Crippen molar-refractivity contribution in [1.82, 2.24) is 4.72 Å². The number of hydrogen-bond donors (Lipinski definition) is 2. The Labute approximate surface area is 117 Å². The highest BCUT2D eigenvalue weighted by molar-refractivity contribution is 7.89. The van der Waals surface area contributed by atoms with Gasteiger partial charge < -0.3 is 9.84 Å². The summed E-state index contributed by atoms with van der Waals surface area (Å²) in [7, 11) is -3.87. The third-order valence-electron chi connectivity index (χ3n) is 3.25. The number of sulfonamides is 1. The molecule has 5 nitrogen and oxygen atoms in total. The lowest BCUT2D eigenvalue weighted by Gasteiger charge is -2.11. The van der Waals surface area contributed by atoms with Crippen LogP contribution in [-0.4, -0.2) is 32.8 Å². The fourth-order valence-corrected chi connectivity index (χ4v) is 3.27. The van der Waals surface area contributed by atoms with Crippen molar-refractivity contribution in [3.63, 3.8) is 0 Å². The molecule has 0 aromatic heterocycles. The number of ether oxygens (including phenoxy) is 1. The first-order valence-electron chi connectivity index (χ1n) is 6.53. The Balaban J connectivity index is 1.98. The van der Waals surface area contributed by atoms with E-state index >= 15 is 0 Å². The molecule has 2 rings (SSSR count). The van der Waals surface area contributed by atoms with Crippen LogP contribution in [0.3, 0.4) is 0 Å². The number of benzene rings is 1. The van der Waals surface area contributed by atoms with Gasteiger partial charge in [0.25, 0.3) is 0 Å². The molecule has 7 heteroatoms. The van der Waals surface area contributed by atoms with Crippen LogP contribution in [-0.2, 0) is 21.4 Å². The first-order chi connectivity index (χ1) is 9.53. The number of hydrogen-bond acceptors (Lipinski definition) is 4. The van der Waals surface area contributed by atoms with Crippen LogP contribution >= 0.6 is 0 Å². The summed E-state index contributed by atoms with van der Waals surface area (Å²) < 4.78 is 45.4. The summed E-state index contributed by atoms with van der Waals surface area (Å²) >= 11 is 0. The van der Waals surface area contributed by atoms with Crippen LogP contribution in [0.1, 0.15) is 24.8 Å². The average molecular weight is 303 g/mol. The molecule has 1 atom stereocenters. The fraction of sp³-hybridized carbons (Fsp3) is 0.538. The molecule has 0 bridgehead atoms. The largest absolute Gasteiger partial charge is 0.392 e. The predicted octanol–water partition coefficient (Wildman–Crippen LogP) is 1.17. The molecule has 1 saturated heterocycles. The molecule has 0 spiro atoms. The van der Waals surface area contributed by atoms with Crippen molar-refractivity contribution in [2.75, 3.05) is 13.2 Å². The van der Waals surface area contributed by atoms with Gasteiger partial charge in [0, 0.05) is 13.2 Å². The maximum Gasteiger partial charge on any atom is 0.243 e. The van der Waals surface area contributed by atoms with Crippen LogP contribution in [0.5, 0.6) is 0 Å². The van der Waals surface area contributed by atoms with Crippen LogP contribution in [0.4, 0.5) is 4.39 Å². The van der Waals surface area contributed by atoms with Crippen LogP contribution in [0.2, 0.25) is 0 Å². The van der Waals surface area contributed by atoms with Gasteiger partial charge in [-0.05, 0) is 37.0 Å². The molecule has 0 radical (unpaired) electrons. The van der Waals surface area contributed by atoms with Crippen LogP contribution in [0, 0.1) is 5.82 Å². The van der Waals surface area contributed by atoms with E-state index in [2.05, 4.69) is 4.72 Å². The summed E-state index contributed by atoms with van der Waals surface area (Å²) in [5, 5.41) is 8.87. The van der Waals surface area contributed by atoms with Gasteiger partial charge in [0.15, 0.2) is 0 Å². The number of halogens is 1. The molecular weight excluding hydrogens is 285 g/mol. The Morgan fingerprint density at radius 1 is 1.45 bits per heavy atom. The van der Waals surface area contributed by atoms with E-state index < -0.39 is 20.7 Å². The summed E-state index contributed by atoms with van der Waals surface area (Å²) in [5.74, 6) is -0.860. The van der Waals surface area contributed by atoms with Crippen molar-refractivity contribution in [1.29, 1.82) is 0 Å². The molecule has 1 heterocycles. The topological polar surface area (TPSA) is 75.6 Å². The van der Waals surface area contributed by atoms with E-state index in [4.69, 9.17) is 9.84 Å². The number of rotatable bonds is 6. The maximum atomic E-state index is 13.7. The Hall–Kier alpha value is -1.02. The highest BCUT2D eigenvalue weighted by Gasteiger charge is 2.20. The molecule has 112 valence electrons. The lowest BCUT2D eigenvalue weighted by molar-refractivity contribution is 0.105. The minimum Gasteiger partial charge on any atom is -0.392 e. The second kappa shape index (κ2) is 6.62. The quantitative estimate of drug-likeness (QED) is 0.827. The van der Waals surface area contributed by atoms with E-state index in [9.17, 15) is 12.8 Å². The smallest absolute Gasteiger partial charge is 0.243 e. The predicted molar refractivity (Wildman–Crippen MR) is 71.1 cm³/mol. The van der Waals surface area contributed by atoms with Crippen molar-refractivity contribution in [3.8, 4) is 0 Å². The molecule has 1 aliphatic heterocycles. The van der Waals surface area contributed by atoms with Crippen LogP contribution in [0.25, 0.3) is 0 Å². The molecule has 1 unspecified atom stereocenters. The molecule has 1 fully saturated rings. The fourth-order valence-electron chi connectivity index (χ4n) is 2.16. The second-order valence-corrected chi connectivity index (χ2v) is 6.48. The Morgan fingerprint density at radius 3 is 2.85 bits per heavy atom. The summed E-state index contributed by atoms with van der Waals surface area (Å²) in [5.41, 5.74) is 0.334. The minimum atomic E-state index is -3.87. The van der Waals surface area contributed by atoms with E-state index in [1.807, 2.05) is 0 Å². The van der Waals surface area contributed by atoms with Crippen LogP contribution in [0.15, 0.2) is 23.1 Å². The average Bonchev–Trinajstić information content (AvgIpc) is 2.91. The van der Waals surface area contributed by atoms with Gasteiger partial charge >= 0.3 is 0 Å². The Bertz CT molecular complexity index is 555. The molecule has 0 saturated carbocycles. The molecule has 1 aromatic rings. The highest BCUT2D eigenvalue weighted by Crippen LogP contribution is 2.17. The van der Waals surface area contributed by atoms with Crippen molar-refractivity contribution < 1.29 is 22.7 Å². The van der Waals surface area contributed by atoms with Crippen LogP contribution < -0.4 is 4.72 Å². The third-order valence-corrected chi connectivity index (χ3v) is 4.75. The minimum absolute atomic E-state index is 0.0827. The van der Waals surface area contributed by atoms with Gasteiger partial charge in [-0.25, -0.2) is 17.5 Å². The van der Waals surface area contributed by atoms with Gasteiger partial charge in [0.1, 0.15) is 10.7 Å². The summed E-state index contributed by atoms with van der Waals surface area (Å²) in [6.07, 6.45) is 2.59. The van der Waals surface area contributed by atoms with Crippen molar-refractivity contribution in [2.24, 2.45) is 0 Å². The first-order valence-corrected chi connectivity index (χ1v) is 8.02. The monoisotopic (exact) mass is 303 g/mol. The molecule has 1 aromatic carbocycles.